The van der Waals surface area contributed by atoms with Crippen LogP contribution in [0.15, 0.2) is 47.7 Å². The molecule has 0 bridgehead atoms. The van der Waals surface area contributed by atoms with Crippen molar-refractivity contribution in [3.63, 3.8) is 0 Å². The largest absolute Gasteiger partial charge is 0.350 e. The van der Waals surface area contributed by atoms with E-state index in [1.807, 2.05) is 26.0 Å². The highest BCUT2D eigenvalue weighted by atomic mass is 16.2. The molecular weight excluding hydrogens is 254 g/mol. The highest BCUT2D eigenvalue weighted by Crippen LogP contribution is 2.02. The lowest BCUT2D eigenvalue weighted by atomic mass is 10.2. The third kappa shape index (κ3) is 3.54. The molecule has 2 aromatic rings. The van der Waals surface area contributed by atoms with Crippen molar-refractivity contribution < 1.29 is 4.79 Å². The summed E-state index contributed by atoms with van der Waals surface area (Å²) in [6.45, 7) is 4.21. The van der Waals surface area contributed by atoms with Crippen LogP contribution in [-0.4, -0.2) is 21.5 Å². The topological polar surface area (TPSA) is 64.0 Å². The van der Waals surface area contributed by atoms with Gasteiger partial charge in [0.25, 0.3) is 11.5 Å². The average Bonchev–Trinajstić information content (AvgIpc) is 2.41. The van der Waals surface area contributed by atoms with Crippen LogP contribution in [-0.2, 0) is 6.54 Å². The molecule has 2 rings (SSSR count). The van der Waals surface area contributed by atoms with Crippen LogP contribution < -0.4 is 10.9 Å². The molecule has 0 aliphatic heterocycles. The van der Waals surface area contributed by atoms with Crippen molar-refractivity contribution >= 4 is 5.91 Å². The van der Waals surface area contributed by atoms with E-state index in [2.05, 4.69) is 10.3 Å². The van der Waals surface area contributed by atoms with Crippen molar-refractivity contribution in [2.24, 2.45) is 0 Å². The summed E-state index contributed by atoms with van der Waals surface area (Å²) in [5, 5.41) is 2.81. The standard InChI is InChI=1S/C15H17N3O2/c1-11(2)17-15(20)13-3-4-14(19)18(10-13)9-12-5-7-16-8-6-12/h3-8,10-11H,9H2,1-2H3,(H,17,20). The molecule has 0 aliphatic rings. The number of hydrogen-bond donors (Lipinski definition) is 1. The summed E-state index contributed by atoms with van der Waals surface area (Å²) in [7, 11) is 0. The molecule has 0 radical (unpaired) electrons. The van der Waals surface area contributed by atoms with Gasteiger partial charge in [-0.25, -0.2) is 0 Å². The zero-order valence-electron chi connectivity index (χ0n) is 11.5. The van der Waals surface area contributed by atoms with Gasteiger partial charge in [-0.1, -0.05) is 0 Å². The molecule has 0 saturated carbocycles. The number of carbonyl (C=O) groups is 1. The van der Waals surface area contributed by atoms with Crippen molar-refractivity contribution in [2.75, 3.05) is 0 Å². The summed E-state index contributed by atoms with van der Waals surface area (Å²) >= 11 is 0. The van der Waals surface area contributed by atoms with Crippen molar-refractivity contribution in [1.82, 2.24) is 14.9 Å². The molecule has 5 nitrogen and oxygen atoms in total. The number of nitrogens with zero attached hydrogens (tertiary/aromatic N) is 2. The highest BCUT2D eigenvalue weighted by Gasteiger charge is 2.08. The van der Waals surface area contributed by atoms with Crippen LogP contribution in [0.4, 0.5) is 0 Å². The lowest BCUT2D eigenvalue weighted by Crippen LogP contribution is -2.31. The van der Waals surface area contributed by atoms with Crippen molar-refractivity contribution in [3.8, 4) is 0 Å². The minimum absolute atomic E-state index is 0.0584. The monoisotopic (exact) mass is 271 g/mol. The van der Waals surface area contributed by atoms with E-state index in [9.17, 15) is 9.59 Å². The summed E-state index contributed by atoms with van der Waals surface area (Å²) in [5.41, 5.74) is 1.30. The third-order valence-electron chi connectivity index (χ3n) is 2.77. The predicted molar refractivity (Wildman–Crippen MR) is 76.6 cm³/mol. The van der Waals surface area contributed by atoms with Gasteiger partial charge in [0.05, 0.1) is 12.1 Å². The van der Waals surface area contributed by atoms with E-state index in [1.165, 1.54) is 10.6 Å². The molecule has 5 heteroatoms. The first-order valence-corrected chi connectivity index (χ1v) is 6.46. The average molecular weight is 271 g/mol. The molecule has 2 aromatic heterocycles. The fourth-order valence-electron chi connectivity index (χ4n) is 1.82. The Hall–Kier alpha value is -2.43. The van der Waals surface area contributed by atoms with E-state index in [0.29, 0.717) is 12.1 Å². The zero-order chi connectivity index (χ0) is 14.5. The number of carbonyl (C=O) groups excluding carboxylic acids is 1. The molecule has 0 fully saturated rings. The third-order valence-corrected chi connectivity index (χ3v) is 2.77. The van der Waals surface area contributed by atoms with Crippen LogP contribution in [0.5, 0.6) is 0 Å². The molecule has 2 heterocycles. The summed E-state index contributed by atoms with van der Waals surface area (Å²) in [4.78, 5) is 27.7. The lowest BCUT2D eigenvalue weighted by molar-refractivity contribution is 0.0942. The maximum absolute atomic E-state index is 11.9. The van der Waals surface area contributed by atoms with Crippen LogP contribution in [0.1, 0.15) is 29.8 Å². The Morgan fingerprint density at radius 2 is 1.95 bits per heavy atom. The first-order valence-electron chi connectivity index (χ1n) is 6.46. The second-order valence-electron chi connectivity index (χ2n) is 4.87. The molecular formula is C15H17N3O2. The van der Waals surface area contributed by atoms with Crippen molar-refractivity contribution in [2.45, 2.75) is 26.4 Å². The molecule has 0 aliphatic carbocycles. The quantitative estimate of drug-likeness (QED) is 0.915. The predicted octanol–water partition coefficient (Wildman–Crippen LogP) is 1.43. The minimum atomic E-state index is -0.177. The number of nitrogens with one attached hydrogen (secondary N) is 1. The fourth-order valence-corrected chi connectivity index (χ4v) is 1.82. The second kappa shape index (κ2) is 6.14. The lowest BCUT2D eigenvalue weighted by Gasteiger charge is -2.10. The molecule has 0 spiro atoms. The van der Waals surface area contributed by atoms with Gasteiger partial charge in [-0.15, -0.1) is 0 Å². The number of pyridine rings is 2. The highest BCUT2D eigenvalue weighted by molar-refractivity contribution is 5.93. The maximum atomic E-state index is 11.9. The number of rotatable bonds is 4. The Balaban J connectivity index is 2.25. The van der Waals surface area contributed by atoms with E-state index in [4.69, 9.17) is 0 Å². The van der Waals surface area contributed by atoms with Crippen LogP contribution >= 0.6 is 0 Å². The van der Waals surface area contributed by atoms with Gasteiger partial charge in [0.2, 0.25) is 0 Å². The van der Waals surface area contributed by atoms with E-state index in [1.54, 1.807) is 24.7 Å². The fraction of sp³-hybridized carbons (Fsp3) is 0.267. The SMILES string of the molecule is CC(C)NC(=O)c1ccc(=O)n(Cc2ccncc2)c1. The van der Waals surface area contributed by atoms with E-state index < -0.39 is 0 Å². The Kier molecular flexibility index (Phi) is 4.30. The zero-order valence-corrected chi connectivity index (χ0v) is 11.5. The van der Waals surface area contributed by atoms with Crippen LogP contribution in [0.2, 0.25) is 0 Å². The van der Waals surface area contributed by atoms with Gasteiger partial charge in [-0.3, -0.25) is 14.6 Å². The Bertz CT molecular complexity index is 648. The van der Waals surface area contributed by atoms with Gasteiger partial charge >= 0.3 is 0 Å². The summed E-state index contributed by atoms with van der Waals surface area (Å²) in [5.74, 6) is -0.177. The number of hydrogen-bond acceptors (Lipinski definition) is 3. The summed E-state index contributed by atoms with van der Waals surface area (Å²) in [6, 6.07) is 6.70. The van der Waals surface area contributed by atoms with E-state index in [0.717, 1.165) is 5.56 Å². The molecule has 20 heavy (non-hydrogen) atoms. The molecule has 0 aromatic carbocycles. The molecule has 104 valence electrons. The van der Waals surface area contributed by atoms with Gasteiger partial charge < -0.3 is 9.88 Å². The Morgan fingerprint density at radius 3 is 2.60 bits per heavy atom. The van der Waals surface area contributed by atoms with Gasteiger partial charge in [-0.2, -0.15) is 0 Å². The summed E-state index contributed by atoms with van der Waals surface area (Å²) < 4.78 is 1.52. The first kappa shape index (κ1) is 14.0. The van der Waals surface area contributed by atoms with Gasteiger partial charge in [0, 0.05) is 30.7 Å². The second-order valence-corrected chi connectivity index (χ2v) is 4.87. The van der Waals surface area contributed by atoms with Gasteiger partial charge in [0.15, 0.2) is 0 Å². The minimum Gasteiger partial charge on any atom is -0.350 e. The smallest absolute Gasteiger partial charge is 0.252 e. The number of aromatic nitrogens is 2. The molecule has 1 amide bonds. The molecule has 0 unspecified atom stereocenters. The van der Waals surface area contributed by atoms with E-state index in [-0.39, 0.29) is 17.5 Å². The van der Waals surface area contributed by atoms with Crippen molar-refractivity contribution in [1.29, 1.82) is 0 Å². The number of amides is 1. The van der Waals surface area contributed by atoms with Crippen LogP contribution in [0, 0.1) is 0 Å². The Morgan fingerprint density at radius 1 is 1.25 bits per heavy atom. The van der Waals surface area contributed by atoms with Gasteiger partial charge in [0.1, 0.15) is 0 Å². The molecule has 0 atom stereocenters. The molecule has 0 saturated heterocycles. The van der Waals surface area contributed by atoms with Crippen LogP contribution in [0.25, 0.3) is 0 Å². The Labute approximate surface area is 117 Å². The van der Waals surface area contributed by atoms with Crippen LogP contribution in [0.3, 0.4) is 0 Å². The summed E-state index contributed by atoms with van der Waals surface area (Å²) in [6.07, 6.45) is 4.94. The van der Waals surface area contributed by atoms with Gasteiger partial charge in [-0.05, 0) is 37.6 Å². The maximum Gasteiger partial charge on any atom is 0.252 e. The molecule has 1 N–H and O–H groups in total. The first-order chi connectivity index (χ1) is 9.56. The van der Waals surface area contributed by atoms with Crippen molar-refractivity contribution in [3.05, 3.63) is 64.3 Å². The van der Waals surface area contributed by atoms with E-state index >= 15 is 0 Å². The normalized spacial score (nSPS) is 10.6.